The van der Waals surface area contributed by atoms with Crippen LogP contribution in [-0.4, -0.2) is 34.8 Å². The highest BCUT2D eigenvalue weighted by Gasteiger charge is 2.62. The minimum absolute atomic E-state index is 0.00806. The van der Waals surface area contributed by atoms with Crippen molar-refractivity contribution in [1.29, 1.82) is 0 Å². The molecule has 26 heavy (non-hydrogen) atoms. The second-order valence-corrected chi connectivity index (χ2v) is 7.13. The highest BCUT2D eigenvalue weighted by atomic mass is 32.1. The van der Waals surface area contributed by atoms with E-state index < -0.39 is 18.3 Å². The highest BCUT2D eigenvalue weighted by molar-refractivity contribution is 7.14. The van der Waals surface area contributed by atoms with Crippen molar-refractivity contribution in [2.75, 3.05) is 12.1 Å². The van der Waals surface area contributed by atoms with E-state index >= 15 is 0 Å². The Kier molecular flexibility index (Phi) is 4.70. The molecule has 0 bridgehead atoms. The molecule has 1 aliphatic heterocycles. The predicted octanol–water partition coefficient (Wildman–Crippen LogP) is 4.29. The Balaban J connectivity index is 1.97. The van der Waals surface area contributed by atoms with Crippen LogP contribution in [0.1, 0.15) is 20.3 Å². The first-order valence-electron chi connectivity index (χ1n) is 7.92. The van der Waals surface area contributed by atoms with Crippen molar-refractivity contribution in [3.63, 3.8) is 0 Å². The van der Waals surface area contributed by atoms with E-state index in [1.807, 2.05) is 0 Å². The van der Waals surface area contributed by atoms with Gasteiger partial charge in [-0.05, 0) is 30.2 Å². The molecule has 140 valence electrons. The van der Waals surface area contributed by atoms with Crippen LogP contribution < -0.4 is 9.75 Å². The van der Waals surface area contributed by atoms with Crippen LogP contribution in [0.5, 0.6) is 5.75 Å². The molecular weight excluding hydrogens is 367 g/mol. The maximum atomic E-state index is 13.5. The van der Waals surface area contributed by atoms with Gasteiger partial charge in [-0.2, -0.15) is 23.3 Å². The van der Waals surface area contributed by atoms with Crippen LogP contribution in [0.3, 0.4) is 0 Å². The van der Waals surface area contributed by atoms with Crippen LogP contribution in [0.25, 0.3) is 11.3 Å². The maximum absolute atomic E-state index is 13.5. The summed E-state index contributed by atoms with van der Waals surface area (Å²) >= 11 is 1.00. The number of methoxy groups -OCH3 is 1. The summed E-state index contributed by atoms with van der Waals surface area (Å²) in [6.45, 7) is 3.48. The van der Waals surface area contributed by atoms with Crippen molar-refractivity contribution in [2.45, 2.75) is 32.2 Å². The highest BCUT2D eigenvalue weighted by Crippen LogP contribution is 2.45. The summed E-state index contributed by atoms with van der Waals surface area (Å²) in [5, 5.41) is 16.6. The topological polar surface area (TPSA) is 58.0 Å². The summed E-state index contributed by atoms with van der Waals surface area (Å²) in [6.07, 6.45) is -5.45. The molecule has 0 spiro atoms. The smallest absolute Gasteiger partial charge is 0.438 e. The van der Waals surface area contributed by atoms with Gasteiger partial charge in [0.1, 0.15) is 5.75 Å². The van der Waals surface area contributed by atoms with Crippen molar-refractivity contribution >= 4 is 22.2 Å². The van der Waals surface area contributed by atoms with Gasteiger partial charge in [-0.25, -0.2) is 4.98 Å². The first-order chi connectivity index (χ1) is 12.2. The summed E-state index contributed by atoms with van der Waals surface area (Å²) in [6, 6.07) is 7.01. The van der Waals surface area contributed by atoms with Gasteiger partial charge in [-0.1, -0.05) is 13.8 Å². The zero-order valence-corrected chi connectivity index (χ0v) is 15.2. The second-order valence-electron chi connectivity index (χ2n) is 6.29. The van der Waals surface area contributed by atoms with E-state index in [1.54, 1.807) is 50.6 Å². The van der Waals surface area contributed by atoms with Crippen LogP contribution in [0.2, 0.25) is 0 Å². The number of halogens is 3. The molecule has 0 saturated heterocycles. The average molecular weight is 385 g/mol. The van der Waals surface area contributed by atoms with E-state index in [4.69, 9.17) is 4.74 Å². The van der Waals surface area contributed by atoms with Gasteiger partial charge < -0.3 is 9.84 Å². The molecule has 5 nitrogen and oxygen atoms in total. The van der Waals surface area contributed by atoms with E-state index in [0.717, 1.165) is 16.9 Å². The molecule has 1 aromatic heterocycles. The van der Waals surface area contributed by atoms with Crippen molar-refractivity contribution in [2.24, 2.45) is 11.0 Å². The lowest BCUT2D eigenvalue weighted by molar-refractivity contribution is -0.254. The third-order valence-corrected chi connectivity index (χ3v) is 5.00. The van der Waals surface area contributed by atoms with Gasteiger partial charge in [-0.15, -0.1) is 11.3 Å². The van der Waals surface area contributed by atoms with Gasteiger partial charge in [0.25, 0.3) is 5.72 Å². The Labute approximate surface area is 152 Å². The monoisotopic (exact) mass is 385 g/mol. The molecule has 0 amide bonds. The molecule has 9 heteroatoms. The number of alkyl halides is 3. The lowest BCUT2D eigenvalue weighted by Gasteiger charge is -2.32. The van der Waals surface area contributed by atoms with Crippen LogP contribution in [0.4, 0.5) is 18.3 Å². The average Bonchev–Trinajstić information content (AvgIpc) is 3.19. The molecule has 0 saturated carbocycles. The molecule has 3 rings (SSSR count). The largest absolute Gasteiger partial charge is 0.497 e. The third-order valence-electron chi connectivity index (χ3n) is 4.19. The minimum Gasteiger partial charge on any atom is -0.497 e. The third kappa shape index (κ3) is 3.16. The van der Waals surface area contributed by atoms with Crippen LogP contribution in [0.15, 0.2) is 34.7 Å². The summed E-state index contributed by atoms with van der Waals surface area (Å²) in [4.78, 5) is 4.26. The summed E-state index contributed by atoms with van der Waals surface area (Å²) in [5.41, 5.74) is -1.56. The van der Waals surface area contributed by atoms with Crippen LogP contribution >= 0.6 is 11.3 Å². The lowest BCUT2D eigenvalue weighted by Crippen LogP contribution is -2.55. The second kappa shape index (κ2) is 6.55. The fourth-order valence-electron chi connectivity index (χ4n) is 2.57. The van der Waals surface area contributed by atoms with E-state index in [0.29, 0.717) is 16.5 Å². The normalized spacial score (nSPS) is 20.6. The number of aromatic nitrogens is 1. The van der Waals surface area contributed by atoms with Gasteiger partial charge in [0, 0.05) is 23.1 Å². The molecule has 1 aromatic carbocycles. The zero-order valence-electron chi connectivity index (χ0n) is 14.4. The first kappa shape index (κ1) is 18.7. The van der Waals surface area contributed by atoms with Crippen molar-refractivity contribution < 1.29 is 23.0 Å². The van der Waals surface area contributed by atoms with Crippen LogP contribution in [-0.2, 0) is 0 Å². The van der Waals surface area contributed by atoms with Crippen molar-refractivity contribution in [3.05, 3.63) is 29.6 Å². The molecule has 1 aliphatic rings. The molecule has 0 unspecified atom stereocenters. The molecule has 2 heterocycles. The fourth-order valence-corrected chi connectivity index (χ4v) is 3.42. The fraction of sp³-hybridized carbons (Fsp3) is 0.412. The summed E-state index contributed by atoms with van der Waals surface area (Å²) in [5.74, 6) is 0.455. The first-order valence-corrected chi connectivity index (χ1v) is 8.80. The summed E-state index contributed by atoms with van der Waals surface area (Å²) < 4.78 is 45.7. The number of hydrazone groups is 1. The maximum Gasteiger partial charge on any atom is 0.438 e. The number of benzene rings is 1. The predicted molar refractivity (Wildman–Crippen MR) is 94.5 cm³/mol. The van der Waals surface area contributed by atoms with E-state index in [9.17, 15) is 18.3 Å². The molecule has 0 aliphatic carbocycles. The van der Waals surface area contributed by atoms with Crippen molar-refractivity contribution in [1.82, 2.24) is 4.98 Å². The van der Waals surface area contributed by atoms with Crippen molar-refractivity contribution in [3.8, 4) is 17.0 Å². The van der Waals surface area contributed by atoms with E-state index in [1.165, 1.54) is 0 Å². The van der Waals surface area contributed by atoms with Gasteiger partial charge in [0.15, 0.2) is 0 Å². The number of nitrogens with zero attached hydrogens (tertiary/aromatic N) is 3. The number of aliphatic hydroxyl groups is 1. The van der Waals surface area contributed by atoms with Gasteiger partial charge in [0.2, 0.25) is 5.13 Å². The minimum atomic E-state index is -4.86. The number of anilines is 1. The molecule has 1 atom stereocenters. The Morgan fingerprint density at radius 2 is 1.92 bits per heavy atom. The van der Waals surface area contributed by atoms with Crippen LogP contribution in [0, 0.1) is 5.92 Å². The molecule has 2 aromatic rings. The number of hydrogen-bond donors (Lipinski definition) is 1. The SMILES string of the molecule is COc1ccc(-c2csc(N3N=C(C(C)C)C[C@@]3(O)C(F)(F)F)n2)cc1. The standard InChI is InChI=1S/C17H18F3N3O2S/c1-10(2)13-8-16(24,17(18,19)20)23(22-13)15-21-14(9-26-15)11-4-6-12(25-3)7-5-11/h4-7,9-10,24H,8H2,1-3H3/t16-/m1/s1. The molecule has 0 fully saturated rings. The van der Waals surface area contributed by atoms with Gasteiger partial charge in [0.05, 0.1) is 12.8 Å². The Morgan fingerprint density at radius 3 is 2.46 bits per heavy atom. The summed E-state index contributed by atoms with van der Waals surface area (Å²) in [7, 11) is 1.55. The number of rotatable bonds is 4. The molecule has 1 N–H and O–H groups in total. The zero-order chi connectivity index (χ0) is 19.1. The van der Waals surface area contributed by atoms with Gasteiger partial charge >= 0.3 is 6.18 Å². The van der Waals surface area contributed by atoms with E-state index in [2.05, 4.69) is 10.1 Å². The lowest BCUT2D eigenvalue weighted by atomic mass is 9.99. The van der Waals surface area contributed by atoms with E-state index in [-0.39, 0.29) is 16.8 Å². The quantitative estimate of drug-likeness (QED) is 0.853. The molecule has 0 radical (unpaired) electrons. The Morgan fingerprint density at radius 1 is 1.27 bits per heavy atom. The Hall–Kier alpha value is -2.13. The number of hydrogen-bond acceptors (Lipinski definition) is 6. The number of ether oxygens (including phenoxy) is 1. The molecular formula is C17H18F3N3O2S. The Bertz CT molecular complexity index is 817. The number of thiazole rings is 1. The van der Waals surface area contributed by atoms with Gasteiger partial charge in [-0.3, -0.25) is 0 Å².